The highest BCUT2D eigenvalue weighted by molar-refractivity contribution is 5.94. The van der Waals surface area contributed by atoms with Crippen molar-refractivity contribution in [2.75, 3.05) is 13.7 Å². The number of amides is 1. The van der Waals surface area contributed by atoms with Gasteiger partial charge in [-0.15, -0.1) is 0 Å². The van der Waals surface area contributed by atoms with Crippen LogP contribution in [0.3, 0.4) is 0 Å². The molecule has 0 aliphatic carbocycles. The van der Waals surface area contributed by atoms with Gasteiger partial charge in [-0.05, 0) is 32.0 Å². The number of nitrogens with two attached hydrogens (primary N) is 1. The van der Waals surface area contributed by atoms with Crippen LogP contribution in [0, 0.1) is 0 Å². The minimum atomic E-state index is -0.388. The summed E-state index contributed by atoms with van der Waals surface area (Å²) in [5.41, 5.74) is 3.23. The van der Waals surface area contributed by atoms with Crippen LogP contribution >= 0.6 is 0 Å². The van der Waals surface area contributed by atoms with Gasteiger partial charge >= 0.3 is 0 Å². The Balaban J connectivity index is 2.75. The number of hydrazine groups is 1. The van der Waals surface area contributed by atoms with Crippen molar-refractivity contribution >= 4 is 5.91 Å². The van der Waals surface area contributed by atoms with E-state index in [0.29, 0.717) is 29.7 Å². The van der Waals surface area contributed by atoms with E-state index in [-0.39, 0.29) is 5.91 Å². The summed E-state index contributed by atoms with van der Waals surface area (Å²) in [7, 11) is 1.51. The third-order valence-corrected chi connectivity index (χ3v) is 2.45. The zero-order valence-corrected chi connectivity index (χ0v) is 12.0. The third kappa shape index (κ3) is 4.47. The molecule has 0 spiro atoms. The van der Waals surface area contributed by atoms with E-state index in [1.165, 1.54) is 7.11 Å². The standard InChI is InChI=1S/C14H21N3O3/c1-9(2)16-10(3)8-20-12-6-5-11(14(18)17-15)7-13(12)19-4/h5-7,9,16H,3,8,15H2,1-2,4H3,(H,17,18). The van der Waals surface area contributed by atoms with Gasteiger partial charge in [0.25, 0.3) is 5.91 Å². The van der Waals surface area contributed by atoms with Crippen LogP contribution in [0.25, 0.3) is 0 Å². The Labute approximate surface area is 118 Å². The molecule has 20 heavy (non-hydrogen) atoms. The number of nitrogens with one attached hydrogen (secondary N) is 2. The molecule has 0 fully saturated rings. The number of ether oxygens (including phenoxy) is 2. The van der Waals surface area contributed by atoms with Crippen LogP contribution in [0.15, 0.2) is 30.5 Å². The average molecular weight is 279 g/mol. The van der Waals surface area contributed by atoms with Gasteiger partial charge in [0, 0.05) is 17.3 Å². The molecule has 1 amide bonds. The van der Waals surface area contributed by atoms with Crippen molar-refractivity contribution in [2.24, 2.45) is 5.84 Å². The van der Waals surface area contributed by atoms with Crippen LogP contribution in [0.2, 0.25) is 0 Å². The molecule has 0 aromatic heterocycles. The quantitative estimate of drug-likeness (QED) is 0.396. The lowest BCUT2D eigenvalue weighted by molar-refractivity contribution is 0.0953. The lowest BCUT2D eigenvalue weighted by atomic mass is 10.2. The van der Waals surface area contributed by atoms with E-state index in [2.05, 4.69) is 17.3 Å². The second-order valence-electron chi connectivity index (χ2n) is 4.53. The summed E-state index contributed by atoms with van der Waals surface area (Å²) in [5, 5.41) is 3.15. The zero-order valence-electron chi connectivity index (χ0n) is 12.0. The predicted molar refractivity (Wildman–Crippen MR) is 77.6 cm³/mol. The summed E-state index contributed by atoms with van der Waals surface area (Å²) in [4.78, 5) is 11.4. The number of carbonyl (C=O) groups is 1. The molecule has 0 saturated heterocycles. The van der Waals surface area contributed by atoms with Crippen molar-refractivity contribution in [2.45, 2.75) is 19.9 Å². The number of methoxy groups -OCH3 is 1. The Bertz CT molecular complexity index is 487. The molecular formula is C14H21N3O3. The number of carbonyl (C=O) groups excluding carboxylic acids is 1. The number of nitrogen functional groups attached to an aromatic ring is 1. The van der Waals surface area contributed by atoms with Crippen LogP contribution in [0.1, 0.15) is 24.2 Å². The average Bonchev–Trinajstić information content (AvgIpc) is 2.43. The number of benzene rings is 1. The zero-order chi connectivity index (χ0) is 15.1. The molecule has 0 saturated carbocycles. The molecule has 0 atom stereocenters. The molecule has 1 aromatic rings. The van der Waals surface area contributed by atoms with Crippen molar-refractivity contribution in [3.8, 4) is 11.5 Å². The summed E-state index contributed by atoms with van der Waals surface area (Å²) in [6.45, 7) is 8.22. The summed E-state index contributed by atoms with van der Waals surface area (Å²) >= 11 is 0. The molecule has 6 heteroatoms. The Morgan fingerprint density at radius 2 is 2.10 bits per heavy atom. The maximum Gasteiger partial charge on any atom is 0.265 e. The highest BCUT2D eigenvalue weighted by Crippen LogP contribution is 2.28. The topological polar surface area (TPSA) is 85.6 Å². The molecule has 0 bridgehead atoms. The first-order chi connectivity index (χ1) is 9.47. The Morgan fingerprint density at radius 3 is 2.65 bits per heavy atom. The first kappa shape index (κ1) is 15.8. The van der Waals surface area contributed by atoms with E-state index in [4.69, 9.17) is 15.3 Å². The van der Waals surface area contributed by atoms with Gasteiger partial charge in [-0.3, -0.25) is 10.2 Å². The molecule has 6 nitrogen and oxygen atoms in total. The number of hydrogen-bond donors (Lipinski definition) is 3. The van der Waals surface area contributed by atoms with E-state index < -0.39 is 0 Å². The van der Waals surface area contributed by atoms with E-state index in [9.17, 15) is 4.79 Å². The summed E-state index contributed by atoms with van der Waals surface area (Å²) in [6.07, 6.45) is 0. The van der Waals surface area contributed by atoms with Crippen LogP contribution in [0.4, 0.5) is 0 Å². The highest BCUT2D eigenvalue weighted by atomic mass is 16.5. The number of rotatable bonds is 7. The summed E-state index contributed by atoms with van der Waals surface area (Å²) < 4.78 is 10.8. The Kier molecular flexibility index (Phi) is 5.86. The fourth-order valence-corrected chi connectivity index (χ4v) is 1.63. The predicted octanol–water partition coefficient (Wildman–Crippen LogP) is 1.19. The SMILES string of the molecule is C=C(COc1ccc(C(=O)NN)cc1OC)NC(C)C. The second kappa shape index (κ2) is 7.40. The summed E-state index contributed by atoms with van der Waals surface area (Å²) in [5.74, 6) is 5.70. The minimum Gasteiger partial charge on any atom is -0.493 e. The molecule has 1 aromatic carbocycles. The van der Waals surface area contributed by atoms with Crippen LogP contribution in [-0.4, -0.2) is 25.7 Å². The van der Waals surface area contributed by atoms with Crippen molar-refractivity contribution in [3.63, 3.8) is 0 Å². The Morgan fingerprint density at radius 1 is 1.40 bits per heavy atom. The van der Waals surface area contributed by atoms with Crippen molar-refractivity contribution in [1.82, 2.24) is 10.7 Å². The van der Waals surface area contributed by atoms with Crippen LogP contribution in [-0.2, 0) is 0 Å². The maximum absolute atomic E-state index is 11.4. The molecule has 1 rings (SSSR count). The van der Waals surface area contributed by atoms with Gasteiger partial charge in [0.1, 0.15) is 6.61 Å². The number of hydrogen-bond acceptors (Lipinski definition) is 5. The molecule has 4 N–H and O–H groups in total. The van der Waals surface area contributed by atoms with E-state index in [1.807, 2.05) is 13.8 Å². The second-order valence-corrected chi connectivity index (χ2v) is 4.53. The van der Waals surface area contributed by atoms with Crippen molar-refractivity contribution in [1.29, 1.82) is 0 Å². The molecule has 0 radical (unpaired) electrons. The first-order valence-electron chi connectivity index (χ1n) is 6.24. The van der Waals surface area contributed by atoms with Gasteiger partial charge < -0.3 is 14.8 Å². The summed E-state index contributed by atoms with van der Waals surface area (Å²) in [6, 6.07) is 5.13. The lowest BCUT2D eigenvalue weighted by Crippen LogP contribution is -2.29. The monoisotopic (exact) mass is 279 g/mol. The van der Waals surface area contributed by atoms with E-state index >= 15 is 0 Å². The van der Waals surface area contributed by atoms with E-state index in [0.717, 1.165) is 5.70 Å². The smallest absolute Gasteiger partial charge is 0.265 e. The molecule has 0 heterocycles. The minimum absolute atomic E-state index is 0.295. The van der Waals surface area contributed by atoms with Crippen molar-refractivity contribution < 1.29 is 14.3 Å². The van der Waals surface area contributed by atoms with Crippen LogP contribution < -0.4 is 26.1 Å². The van der Waals surface area contributed by atoms with Crippen LogP contribution in [0.5, 0.6) is 11.5 Å². The van der Waals surface area contributed by atoms with Gasteiger partial charge in [-0.1, -0.05) is 6.58 Å². The first-order valence-corrected chi connectivity index (χ1v) is 6.24. The largest absolute Gasteiger partial charge is 0.493 e. The van der Waals surface area contributed by atoms with Gasteiger partial charge in [0.05, 0.1) is 7.11 Å². The van der Waals surface area contributed by atoms with Gasteiger partial charge in [-0.25, -0.2) is 5.84 Å². The molecule has 0 aliphatic rings. The fourth-order valence-electron chi connectivity index (χ4n) is 1.63. The van der Waals surface area contributed by atoms with E-state index in [1.54, 1.807) is 18.2 Å². The Hall–Kier alpha value is -2.21. The van der Waals surface area contributed by atoms with Gasteiger partial charge in [-0.2, -0.15) is 0 Å². The third-order valence-electron chi connectivity index (χ3n) is 2.45. The van der Waals surface area contributed by atoms with Gasteiger partial charge in [0.2, 0.25) is 0 Å². The maximum atomic E-state index is 11.4. The molecule has 0 aliphatic heterocycles. The lowest BCUT2D eigenvalue weighted by Gasteiger charge is -2.15. The van der Waals surface area contributed by atoms with Gasteiger partial charge in [0.15, 0.2) is 11.5 Å². The molecular weight excluding hydrogens is 258 g/mol. The highest BCUT2D eigenvalue weighted by Gasteiger charge is 2.10. The molecule has 0 unspecified atom stereocenters. The van der Waals surface area contributed by atoms with Crippen molar-refractivity contribution in [3.05, 3.63) is 36.0 Å². The fraction of sp³-hybridized carbons (Fsp3) is 0.357. The normalized spacial score (nSPS) is 10.1. The molecule has 110 valence electrons.